The Balaban J connectivity index is 1.97. The first-order valence-corrected chi connectivity index (χ1v) is 6.49. The number of hydrogen-bond acceptors (Lipinski definition) is 2. The van der Waals surface area contributed by atoms with E-state index in [4.69, 9.17) is 0 Å². The fourth-order valence-electron chi connectivity index (χ4n) is 2.04. The second-order valence-corrected chi connectivity index (χ2v) is 4.73. The lowest BCUT2D eigenvalue weighted by molar-refractivity contribution is 0.0953. The molecule has 0 aromatic heterocycles. The van der Waals surface area contributed by atoms with Gasteiger partial charge in [-0.3, -0.25) is 4.79 Å². The van der Waals surface area contributed by atoms with Gasteiger partial charge in [0.2, 0.25) is 0 Å². The Hall–Kier alpha value is -2.43. The Kier molecular flexibility index (Phi) is 4.52. The number of halogens is 2. The highest BCUT2D eigenvalue weighted by atomic mass is 19.1. The molecule has 1 amide bonds. The lowest BCUT2D eigenvalue weighted by Gasteiger charge is -2.09. The van der Waals surface area contributed by atoms with Gasteiger partial charge in [0.25, 0.3) is 5.91 Å². The third-order valence-corrected chi connectivity index (χ3v) is 3.17. The molecule has 0 spiro atoms. The second kappa shape index (κ2) is 6.35. The Morgan fingerprint density at radius 3 is 2.52 bits per heavy atom. The Morgan fingerprint density at radius 2 is 1.86 bits per heavy atom. The number of amides is 1. The number of aromatic hydroxyl groups is 1. The van der Waals surface area contributed by atoms with Crippen LogP contribution in [0, 0.1) is 18.6 Å². The van der Waals surface area contributed by atoms with Crippen molar-refractivity contribution in [1.82, 2.24) is 5.32 Å². The average Bonchev–Trinajstić information content (AvgIpc) is 2.40. The van der Waals surface area contributed by atoms with E-state index >= 15 is 0 Å². The van der Waals surface area contributed by atoms with Crippen molar-refractivity contribution in [2.24, 2.45) is 0 Å². The summed E-state index contributed by atoms with van der Waals surface area (Å²) in [4.78, 5) is 12.0. The average molecular weight is 291 g/mol. The number of benzene rings is 2. The molecule has 5 heteroatoms. The van der Waals surface area contributed by atoms with Crippen molar-refractivity contribution in [2.45, 2.75) is 13.3 Å². The standard InChI is InChI=1S/C16H15F2NO2/c1-10-14(3-2-4-15(10)20)16(21)19-6-5-11-7-12(17)9-13(18)8-11/h2-4,7-9,20H,5-6H2,1H3,(H,19,21). The van der Waals surface area contributed by atoms with Crippen LogP contribution in [0.25, 0.3) is 0 Å². The molecule has 0 heterocycles. The first-order chi connectivity index (χ1) is 9.97. The summed E-state index contributed by atoms with van der Waals surface area (Å²) in [6.45, 7) is 1.89. The number of phenolic OH excluding ortho intramolecular Hbond substituents is 1. The molecule has 21 heavy (non-hydrogen) atoms. The highest BCUT2D eigenvalue weighted by Gasteiger charge is 2.10. The third kappa shape index (κ3) is 3.78. The van der Waals surface area contributed by atoms with E-state index in [0.29, 0.717) is 23.1 Å². The summed E-state index contributed by atoms with van der Waals surface area (Å²) in [7, 11) is 0. The molecule has 0 aliphatic carbocycles. The Bertz CT molecular complexity index is 651. The van der Waals surface area contributed by atoms with Gasteiger partial charge in [0.15, 0.2) is 0 Å². The fraction of sp³-hybridized carbons (Fsp3) is 0.188. The van der Waals surface area contributed by atoms with Crippen LogP contribution in [0.4, 0.5) is 8.78 Å². The Labute approximate surface area is 121 Å². The summed E-state index contributed by atoms with van der Waals surface area (Å²) >= 11 is 0. The number of phenols is 1. The van der Waals surface area contributed by atoms with E-state index in [-0.39, 0.29) is 18.2 Å². The Morgan fingerprint density at radius 1 is 1.19 bits per heavy atom. The van der Waals surface area contributed by atoms with Gasteiger partial charge >= 0.3 is 0 Å². The van der Waals surface area contributed by atoms with Gasteiger partial charge in [-0.15, -0.1) is 0 Å². The van der Waals surface area contributed by atoms with Gasteiger partial charge in [0.1, 0.15) is 17.4 Å². The molecule has 0 bridgehead atoms. The molecular weight excluding hydrogens is 276 g/mol. The maximum absolute atomic E-state index is 13.0. The first kappa shape index (κ1) is 15.0. The van der Waals surface area contributed by atoms with Crippen LogP contribution in [-0.4, -0.2) is 17.6 Å². The van der Waals surface area contributed by atoms with Gasteiger partial charge in [-0.25, -0.2) is 8.78 Å². The summed E-state index contributed by atoms with van der Waals surface area (Å²) in [5.74, 6) is -1.56. The highest BCUT2D eigenvalue weighted by molar-refractivity contribution is 5.96. The largest absolute Gasteiger partial charge is 0.508 e. The molecular formula is C16H15F2NO2. The highest BCUT2D eigenvalue weighted by Crippen LogP contribution is 2.19. The van der Waals surface area contributed by atoms with Gasteiger partial charge in [-0.05, 0) is 43.2 Å². The van der Waals surface area contributed by atoms with E-state index in [1.807, 2.05) is 0 Å². The van der Waals surface area contributed by atoms with Crippen molar-refractivity contribution >= 4 is 5.91 Å². The van der Waals surface area contributed by atoms with Crippen molar-refractivity contribution < 1.29 is 18.7 Å². The van der Waals surface area contributed by atoms with Gasteiger partial charge in [-0.1, -0.05) is 6.07 Å². The summed E-state index contributed by atoms with van der Waals surface area (Å²) in [5, 5.41) is 12.2. The molecule has 0 aliphatic rings. The topological polar surface area (TPSA) is 49.3 Å². The van der Waals surface area contributed by atoms with E-state index in [1.54, 1.807) is 19.1 Å². The van der Waals surface area contributed by atoms with Crippen LogP contribution >= 0.6 is 0 Å². The van der Waals surface area contributed by atoms with Crippen LogP contribution in [-0.2, 0) is 6.42 Å². The quantitative estimate of drug-likeness (QED) is 0.910. The molecule has 3 nitrogen and oxygen atoms in total. The first-order valence-electron chi connectivity index (χ1n) is 6.49. The van der Waals surface area contributed by atoms with E-state index in [1.165, 1.54) is 18.2 Å². The van der Waals surface area contributed by atoms with E-state index in [0.717, 1.165) is 6.07 Å². The summed E-state index contributed by atoms with van der Waals surface area (Å²) < 4.78 is 26.0. The molecule has 2 rings (SSSR count). The summed E-state index contributed by atoms with van der Waals surface area (Å²) in [6, 6.07) is 7.95. The van der Waals surface area contributed by atoms with E-state index in [9.17, 15) is 18.7 Å². The summed E-state index contributed by atoms with van der Waals surface area (Å²) in [5.41, 5.74) is 1.34. The minimum absolute atomic E-state index is 0.0508. The maximum atomic E-state index is 13.0. The minimum atomic E-state index is -0.639. The second-order valence-electron chi connectivity index (χ2n) is 4.73. The third-order valence-electron chi connectivity index (χ3n) is 3.17. The van der Waals surface area contributed by atoms with Crippen molar-refractivity contribution in [1.29, 1.82) is 0 Å². The zero-order valence-electron chi connectivity index (χ0n) is 11.5. The van der Waals surface area contributed by atoms with Crippen LogP contribution in [0.15, 0.2) is 36.4 Å². The SMILES string of the molecule is Cc1c(O)cccc1C(=O)NCCc1cc(F)cc(F)c1. The molecule has 2 N–H and O–H groups in total. The van der Waals surface area contributed by atoms with Crippen molar-refractivity contribution in [3.63, 3.8) is 0 Å². The fourth-order valence-corrected chi connectivity index (χ4v) is 2.04. The van der Waals surface area contributed by atoms with Gasteiger partial charge in [0, 0.05) is 23.7 Å². The predicted molar refractivity (Wildman–Crippen MR) is 75.2 cm³/mol. The van der Waals surface area contributed by atoms with E-state index in [2.05, 4.69) is 5.32 Å². The molecule has 110 valence electrons. The monoisotopic (exact) mass is 291 g/mol. The molecule has 2 aromatic carbocycles. The number of nitrogens with one attached hydrogen (secondary N) is 1. The van der Waals surface area contributed by atoms with Crippen LogP contribution in [0.1, 0.15) is 21.5 Å². The number of hydrogen-bond donors (Lipinski definition) is 2. The number of rotatable bonds is 4. The molecule has 0 saturated carbocycles. The minimum Gasteiger partial charge on any atom is -0.508 e. The molecule has 0 atom stereocenters. The smallest absolute Gasteiger partial charge is 0.251 e. The number of carbonyl (C=O) groups excluding carboxylic acids is 1. The van der Waals surface area contributed by atoms with Crippen LogP contribution in [0.3, 0.4) is 0 Å². The zero-order chi connectivity index (χ0) is 15.4. The maximum Gasteiger partial charge on any atom is 0.251 e. The molecule has 0 unspecified atom stereocenters. The lowest BCUT2D eigenvalue weighted by Crippen LogP contribution is -2.26. The van der Waals surface area contributed by atoms with Crippen molar-refractivity contribution in [3.05, 3.63) is 64.7 Å². The van der Waals surface area contributed by atoms with Crippen LogP contribution in [0.5, 0.6) is 5.75 Å². The molecule has 2 aromatic rings. The normalized spacial score (nSPS) is 10.4. The molecule has 0 fully saturated rings. The van der Waals surface area contributed by atoms with Crippen molar-refractivity contribution in [3.8, 4) is 5.75 Å². The molecule has 0 radical (unpaired) electrons. The summed E-state index contributed by atoms with van der Waals surface area (Å²) in [6.07, 6.45) is 0.318. The molecule has 0 saturated heterocycles. The van der Waals surface area contributed by atoms with Gasteiger partial charge in [-0.2, -0.15) is 0 Å². The van der Waals surface area contributed by atoms with Gasteiger partial charge in [0.05, 0.1) is 0 Å². The van der Waals surface area contributed by atoms with Crippen molar-refractivity contribution in [2.75, 3.05) is 6.54 Å². The number of carbonyl (C=O) groups is 1. The van der Waals surface area contributed by atoms with E-state index < -0.39 is 11.6 Å². The molecule has 0 aliphatic heterocycles. The van der Waals surface area contributed by atoms with Gasteiger partial charge < -0.3 is 10.4 Å². The zero-order valence-corrected chi connectivity index (χ0v) is 11.5. The predicted octanol–water partition coefficient (Wildman–Crippen LogP) is 2.95. The van der Waals surface area contributed by atoms with Crippen LogP contribution < -0.4 is 5.32 Å². The van der Waals surface area contributed by atoms with Crippen LogP contribution in [0.2, 0.25) is 0 Å². The lowest BCUT2D eigenvalue weighted by atomic mass is 10.1.